The molecule has 0 bridgehead atoms. The molecule has 0 aromatic carbocycles. The predicted molar refractivity (Wildman–Crippen MR) is 59.8 cm³/mol. The van der Waals surface area contributed by atoms with Crippen molar-refractivity contribution in [3.63, 3.8) is 0 Å². The molecule has 1 aromatic heterocycles. The number of aliphatic hydroxyl groups is 1. The van der Waals surface area contributed by atoms with E-state index >= 15 is 0 Å². The third-order valence-corrected chi connectivity index (χ3v) is 2.59. The lowest BCUT2D eigenvalue weighted by molar-refractivity contribution is 0.180. The number of aliphatic hydroxyl groups excluding tert-OH is 1. The van der Waals surface area contributed by atoms with Crippen molar-refractivity contribution < 1.29 is 14.4 Å². The Morgan fingerprint density at radius 1 is 1.73 bits per heavy atom. The highest BCUT2D eigenvalue weighted by Crippen LogP contribution is 2.32. The van der Waals surface area contributed by atoms with Crippen LogP contribution >= 0.6 is 15.9 Å². The molecule has 4 nitrogen and oxygen atoms in total. The number of ether oxygens (including phenoxy) is 1. The minimum absolute atomic E-state index is 0.316. The predicted octanol–water partition coefficient (Wildman–Crippen LogP) is 2.84. The molecule has 0 unspecified atom stereocenters. The lowest BCUT2D eigenvalue weighted by Gasteiger charge is -2.01. The third kappa shape index (κ3) is 3.07. The molecule has 0 aliphatic carbocycles. The monoisotopic (exact) mass is 275 g/mol. The summed E-state index contributed by atoms with van der Waals surface area (Å²) in [5.41, 5.74) is 0. The summed E-state index contributed by atoms with van der Waals surface area (Å²) in [6.45, 7) is 6.13. The van der Waals surface area contributed by atoms with Gasteiger partial charge in [0.2, 0.25) is 0 Å². The van der Waals surface area contributed by atoms with Crippen molar-refractivity contribution in [2.24, 2.45) is 0 Å². The molecule has 1 heterocycles. The molecule has 0 aliphatic heterocycles. The van der Waals surface area contributed by atoms with E-state index in [1.807, 2.05) is 0 Å². The highest BCUT2D eigenvalue weighted by atomic mass is 79.9. The van der Waals surface area contributed by atoms with Gasteiger partial charge in [0, 0.05) is 0 Å². The van der Waals surface area contributed by atoms with Gasteiger partial charge in [0.1, 0.15) is 10.6 Å². The summed E-state index contributed by atoms with van der Waals surface area (Å²) in [5, 5.41) is 13.2. The molecular formula is C10H14BrNO3. The van der Waals surface area contributed by atoms with Crippen molar-refractivity contribution in [1.29, 1.82) is 0 Å². The van der Waals surface area contributed by atoms with Crippen molar-refractivity contribution in [1.82, 2.24) is 5.16 Å². The van der Waals surface area contributed by atoms with Crippen molar-refractivity contribution in [3.05, 3.63) is 22.9 Å². The SMILES string of the molecule is C=C[C@H](O)c1onc(OCCCC)c1Br. The molecule has 0 saturated carbocycles. The van der Waals surface area contributed by atoms with E-state index in [4.69, 9.17) is 9.26 Å². The summed E-state index contributed by atoms with van der Waals surface area (Å²) in [4.78, 5) is 0. The zero-order valence-electron chi connectivity index (χ0n) is 8.57. The molecule has 1 N–H and O–H groups in total. The Labute approximate surface area is 97.0 Å². The standard InChI is InChI=1S/C10H14BrNO3/c1-3-5-6-14-10-8(11)9(15-12-10)7(13)4-2/h4,7,13H,2-3,5-6H2,1H3/t7-/m0/s1. The second-order valence-corrected chi connectivity index (χ2v) is 3.84. The van der Waals surface area contributed by atoms with Gasteiger partial charge in [-0.3, -0.25) is 0 Å². The first-order chi connectivity index (χ1) is 7.20. The van der Waals surface area contributed by atoms with E-state index in [-0.39, 0.29) is 0 Å². The van der Waals surface area contributed by atoms with Crippen LogP contribution < -0.4 is 4.74 Å². The van der Waals surface area contributed by atoms with Crippen molar-refractivity contribution in [3.8, 4) is 5.88 Å². The van der Waals surface area contributed by atoms with Crippen LogP contribution in [0.2, 0.25) is 0 Å². The first-order valence-corrected chi connectivity index (χ1v) is 5.58. The molecule has 0 radical (unpaired) electrons. The molecule has 0 amide bonds. The normalized spacial score (nSPS) is 12.5. The first-order valence-electron chi connectivity index (χ1n) is 4.79. The second kappa shape index (κ2) is 5.92. The highest BCUT2D eigenvalue weighted by molar-refractivity contribution is 9.10. The Bertz CT molecular complexity index is 324. The summed E-state index contributed by atoms with van der Waals surface area (Å²) in [7, 11) is 0. The van der Waals surface area contributed by atoms with Crippen LogP contribution in [0.15, 0.2) is 21.7 Å². The van der Waals surface area contributed by atoms with Crippen LogP contribution in [-0.2, 0) is 0 Å². The molecule has 0 saturated heterocycles. The van der Waals surface area contributed by atoms with Crippen LogP contribution in [0, 0.1) is 0 Å². The first kappa shape index (κ1) is 12.3. The molecule has 84 valence electrons. The minimum Gasteiger partial charge on any atom is -0.475 e. The number of halogens is 1. The Morgan fingerprint density at radius 3 is 3.07 bits per heavy atom. The van der Waals surface area contributed by atoms with Crippen LogP contribution in [0.4, 0.5) is 0 Å². The fourth-order valence-corrected chi connectivity index (χ4v) is 1.46. The van der Waals surface area contributed by atoms with Crippen LogP contribution in [0.5, 0.6) is 5.88 Å². The van der Waals surface area contributed by atoms with Gasteiger partial charge in [-0.1, -0.05) is 19.4 Å². The Hall–Kier alpha value is -0.810. The molecule has 0 aliphatic rings. The van der Waals surface area contributed by atoms with Gasteiger partial charge in [-0.25, -0.2) is 0 Å². The Balaban J connectivity index is 2.66. The molecule has 1 aromatic rings. The second-order valence-electron chi connectivity index (χ2n) is 3.05. The van der Waals surface area contributed by atoms with Gasteiger partial charge in [-0.05, 0) is 27.5 Å². The van der Waals surface area contributed by atoms with Gasteiger partial charge < -0.3 is 14.4 Å². The van der Waals surface area contributed by atoms with Gasteiger partial charge in [-0.15, -0.1) is 6.58 Å². The fourth-order valence-electron chi connectivity index (χ4n) is 0.970. The number of nitrogens with zero attached hydrogens (tertiary/aromatic N) is 1. The highest BCUT2D eigenvalue weighted by Gasteiger charge is 2.19. The largest absolute Gasteiger partial charge is 0.475 e. The number of hydrogen-bond donors (Lipinski definition) is 1. The van der Waals surface area contributed by atoms with E-state index in [9.17, 15) is 5.11 Å². The number of unbranched alkanes of at least 4 members (excludes halogenated alkanes) is 1. The maximum Gasteiger partial charge on any atom is 0.269 e. The van der Waals surface area contributed by atoms with Crippen LogP contribution in [0.3, 0.4) is 0 Å². The van der Waals surface area contributed by atoms with Crippen LogP contribution in [0.1, 0.15) is 31.6 Å². The summed E-state index contributed by atoms with van der Waals surface area (Å²) in [5.74, 6) is 0.691. The van der Waals surface area contributed by atoms with E-state index in [1.165, 1.54) is 6.08 Å². The quantitative estimate of drug-likeness (QED) is 0.641. The number of hydrogen-bond acceptors (Lipinski definition) is 4. The third-order valence-electron chi connectivity index (χ3n) is 1.86. The number of rotatable bonds is 6. The molecule has 1 atom stereocenters. The van der Waals surface area contributed by atoms with E-state index in [2.05, 4.69) is 34.6 Å². The zero-order valence-corrected chi connectivity index (χ0v) is 10.2. The van der Waals surface area contributed by atoms with E-state index < -0.39 is 6.10 Å². The molecular weight excluding hydrogens is 262 g/mol. The Morgan fingerprint density at radius 2 is 2.47 bits per heavy atom. The topological polar surface area (TPSA) is 55.5 Å². The maximum absolute atomic E-state index is 9.46. The van der Waals surface area contributed by atoms with Crippen LogP contribution in [0.25, 0.3) is 0 Å². The lowest BCUT2D eigenvalue weighted by Crippen LogP contribution is -1.97. The van der Waals surface area contributed by atoms with Gasteiger partial charge in [0.25, 0.3) is 5.88 Å². The molecule has 1 rings (SSSR count). The Kier molecular flexibility index (Phi) is 4.84. The lowest BCUT2D eigenvalue weighted by atomic mass is 10.3. The molecule has 15 heavy (non-hydrogen) atoms. The van der Waals surface area contributed by atoms with Crippen LogP contribution in [-0.4, -0.2) is 16.9 Å². The summed E-state index contributed by atoms with van der Waals surface area (Å²) < 4.78 is 10.8. The van der Waals surface area contributed by atoms with Gasteiger partial charge in [0.05, 0.1) is 6.61 Å². The zero-order chi connectivity index (χ0) is 11.3. The average molecular weight is 276 g/mol. The summed E-state index contributed by atoms with van der Waals surface area (Å²) in [6, 6.07) is 0. The summed E-state index contributed by atoms with van der Waals surface area (Å²) >= 11 is 3.26. The van der Waals surface area contributed by atoms with Gasteiger partial charge in [0.15, 0.2) is 5.76 Å². The molecule has 0 spiro atoms. The van der Waals surface area contributed by atoms with E-state index in [0.717, 1.165) is 12.8 Å². The van der Waals surface area contributed by atoms with E-state index in [1.54, 1.807) is 0 Å². The van der Waals surface area contributed by atoms with E-state index in [0.29, 0.717) is 22.7 Å². The smallest absolute Gasteiger partial charge is 0.269 e. The summed E-state index contributed by atoms with van der Waals surface area (Å²) in [6.07, 6.45) is 2.51. The van der Waals surface area contributed by atoms with Gasteiger partial charge in [-0.2, -0.15) is 0 Å². The number of aromatic nitrogens is 1. The maximum atomic E-state index is 9.46. The fraction of sp³-hybridized carbons (Fsp3) is 0.500. The van der Waals surface area contributed by atoms with Crippen molar-refractivity contribution in [2.75, 3.05) is 6.61 Å². The van der Waals surface area contributed by atoms with Crippen molar-refractivity contribution in [2.45, 2.75) is 25.9 Å². The molecule has 0 fully saturated rings. The van der Waals surface area contributed by atoms with Crippen molar-refractivity contribution >= 4 is 15.9 Å². The average Bonchev–Trinajstić information content (AvgIpc) is 2.60. The molecule has 5 heteroatoms. The van der Waals surface area contributed by atoms with Gasteiger partial charge >= 0.3 is 0 Å². The minimum atomic E-state index is -0.865.